The molecule has 5 heteroatoms. The number of nitrogens with one attached hydrogen (secondary N) is 1. The molecular weight excluding hydrogens is 346 g/mol. The third-order valence-electron chi connectivity index (χ3n) is 4.07. The van der Waals surface area contributed by atoms with Gasteiger partial charge >= 0.3 is 0 Å². The molecule has 1 amide bonds. The average Bonchev–Trinajstić information content (AvgIpc) is 2.69. The van der Waals surface area contributed by atoms with Crippen molar-refractivity contribution in [2.24, 2.45) is 0 Å². The van der Waals surface area contributed by atoms with Crippen molar-refractivity contribution < 1.29 is 4.79 Å². The highest BCUT2D eigenvalue weighted by Gasteiger charge is 2.12. The zero-order valence-electron chi connectivity index (χ0n) is 14.5. The van der Waals surface area contributed by atoms with E-state index < -0.39 is 0 Å². The Hall–Kier alpha value is -2.85. The maximum Gasteiger partial charge on any atom is 0.270 e. The summed E-state index contributed by atoms with van der Waals surface area (Å²) in [5.74, 6) is -0.226. The molecule has 0 fully saturated rings. The van der Waals surface area contributed by atoms with Crippen LogP contribution in [0.25, 0.3) is 0 Å². The van der Waals surface area contributed by atoms with E-state index in [4.69, 9.17) is 11.6 Å². The lowest BCUT2D eigenvalue weighted by Crippen LogP contribution is -2.24. The number of aromatic nitrogens is 1. The van der Waals surface area contributed by atoms with Crippen molar-refractivity contribution in [3.05, 3.63) is 89.2 Å². The number of pyridine rings is 1. The highest BCUT2D eigenvalue weighted by Crippen LogP contribution is 2.24. The average molecular weight is 366 g/mol. The molecule has 0 aliphatic heterocycles. The van der Waals surface area contributed by atoms with E-state index >= 15 is 0 Å². The minimum atomic E-state index is -0.226. The van der Waals surface area contributed by atoms with Crippen LogP contribution in [0.5, 0.6) is 0 Å². The Bertz CT molecular complexity index is 883. The van der Waals surface area contributed by atoms with Crippen LogP contribution in [0, 0.1) is 0 Å². The zero-order chi connectivity index (χ0) is 18.4. The van der Waals surface area contributed by atoms with Gasteiger partial charge in [0.15, 0.2) is 0 Å². The van der Waals surface area contributed by atoms with E-state index in [0.717, 1.165) is 23.5 Å². The SMILES string of the molecule is CCN(c1ccccc1)c1ccnc(C(=O)NCc2ccccc2Cl)c1. The topological polar surface area (TPSA) is 45.2 Å². The van der Waals surface area contributed by atoms with Crippen LogP contribution in [-0.4, -0.2) is 17.4 Å². The Balaban J connectivity index is 1.76. The maximum atomic E-state index is 12.5. The third kappa shape index (κ3) is 4.21. The van der Waals surface area contributed by atoms with Crippen LogP contribution in [0.1, 0.15) is 23.0 Å². The second kappa shape index (κ2) is 8.50. The molecule has 0 aliphatic carbocycles. The molecule has 0 atom stereocenters. The van der Waals surface area contributed by atoms with E-state index in [-0.39, 0.29) is 5.91 Å². The molecule has 132 valence electrons. The number of anilines is 2. The number of amides is 1. The molecule has 0 saturated heterocycles. The molecule has 3 aromatic rings. The standard InChI is InChI=1S/C21H20ClN3O/c1-2-25(17-9-4-3-5-10-17)18-12-13-23-20(14-18)21(26)24-15-16-8-6-7-11-19(16)22/h3-14H,2,15H2,1H3,(H,24,26). The van der Waals surface area contributed by atoms with E-state index in [2.05, 4.69) is 22.1 Å². The Morgan fingerprint density at radius 2 is 1.77 bits per heavy atom. The lowest BCUT2D eigenvalue weighted by atomic mass is 10.2. The van der Waals surface area contributed by atoms with E-state index in [1.807, 2.05) is 54.6 Å². The Labute approximate surface area is 158 Å². The largest absolute Gasteiger partial charge is 0.347 e. The molecule has 0 spiro atoms. The fourth-order valence-corrected chi connectivity index (χ4v) is 2.94. The minimum Gasteiger partial charge on any atom is -0.347 e. The van der Waals surface area contributed by atoms with Crippen molar-refractivity contribution in [2.75, 3.05) is 11.4 Å². The van der Waals surface area contributed by atoms with Gasteiger partial charge in [0.05, 0.1) is 0 Å². The molecule has 0 saturated carbocycles. The number of rotatable bonds is 6. The van der Waals surface area contributed by atoms with Crippen molar-refractivity contribution in [3.63, 3.8) is 0 Å². The Morgan fingerprint density at radius 1 is 1.04 bits per heavy atom. The predicted octanol–water partition coefficient (Wildman–Crippen LogP) is 4.82. The summed E-state index contributed by atoms with van der Waals surface area (Å²) < 4.78 is 0. The lowest BCUT2D eigenvalue weighted by Gasteiger charge is -2.23. The lowest BCUT2D eigenvalue weighted by molar-refractivity contribution is 0.0946. The molecule has 3 rings (SSSR count). The second-order valence-corrected chi connectivity index (χ2v) is 6.16. The minimum absolute atomic E-state index is 0.226. The number of hydrogen-bond acceptors (Lipinski definition) is 3. The summed E-state index contributed by atoms with van der Waals surface area (Å²) in [6.07, 6.45) is 1.66. The van der Waals surface area contributed by atoms with Gasteiger partial charge < -0.3 is 10.2 Å². The van der Waals surface area contributed by atoms with Gasteiger partial charge in [0.1, 0.15) is 5.69 Å². The van der Waals surface area contributed by atoms with Crippen molar-refractivity contribution in [3.8, 4) is 0 Å². The first-order chi connectivity index (χ1) is 12.7. The number of carbonyl (C=O) groups excluding carboxylic acids is 1. The van der Waals surface area contributed by atoms with Gasteiger partial charge in [-0.1, -0.05) is 48.0 Å². The van der Waals surface area contributed by atoms with Crippen molar-refractivity contribution in [2.45, 2.75) is 13.5 Å². The van der Waals surface area contributed by atoms with Gasteiger partial charge in [0.25, 0.3) is 5.91 Å². The molecule has 0 radical (unpaired) electrons. The second-order valence-electron chi connectivity index (χ2n) is 5.75. The molecule has 26 heavy (non-hydrogen) atoms. The summed E-state index contributed by atoms with van der Waals surface area (Å²) in [7, 11) is 0. The van der Waals surface area contributed by atoms with Crippen molar-refractivity contribution >= 4 is 28.9 Å². The van der Waals surface area contributed by atoms with E-state index in [1.165, 1.54) is 0 Å². The maximum absolute atomic E-state index is 12.5. The first-order valence-electron chi connectivity index (χ1n) is 8.49. The van der Waals surface area contributed by atoms with Gasteiger partial charge in [-0.05, 0) is 42.8 Å². The Kier molecular flexibility index (Phi) is 5.87. The molecule has 1 heterocycles. The van der Waals surface area contributed by atoms with Crippen LogP contribution in [0.2, 0.25) is 5.02 Å². The third-order valence-corrected chi connectivity index (χ3v) is 4.44. The molecule has 4 nitrogen and oxygen atoms in total. The molecular formula is C21H20ClN3O. The van der Waals surface area contributed by atoms with Crippen molar-refractivity contribution in [1.29, 1.82) is 0 Å². The predicted molar refractivity (Wildman–Crippen MR) is 106 cm³/mol. The summed E-state index contributed by atoms with van der Waals surface area (Å²) in [5, 5.41) is 3.51. The number of para-hydroxylation sites is 1. The first-order valence-corrected chi connectivity index (χ1v) is 8.87. The monoisotopic (exact) mass is 365 g/mol. The number of nitrogens with zero attached hydrogens (tertiary/aromatic N) is 2. The first kappa shape index (κ1) is 18.0. The van der Waals surface area contributed by atoms with Gasteiger partial charge in [-0.25, -0.2) is 0 Å². The van der Waals surface area contributed by atoms with Crippen molar-refractivity contribution in [1.82, 2.24) is 10.3 Å². The van der Waals surface area contributed by atoms with Crippen LogP contribution in [0.3, 0.4) is 0 Å². The number of carbonyl (C=O) groups is 1. The highest BCUT2D eigenvalue weighted by molar-refractivity contribution is 6.31. The van der Waals surface area contributed by atoms with Gasteiger partial charge in [-0.3, -0.25) is 9.78 Å². The van der Waals surface area contributed by atoms with Gasteiger partial charge in [0.2, 0.25) is 0 Å². The summed E-state index contributed by atoms with van der Waals surface area (Å²) in [4.78, 5) is 18.8. The quantitative estimate of drug-likeness (QED) is 0.681. The fraction of sp³-hybridized carbons (Fsp3) is 0.143. The molecule has 2 aromatic carbocycles. The summed E-state index contributed by atoms with van der Waals surface area (Å²) in [5.41, 5.74) is 3.25. The van der Waals surface area contributed by atoms with Crippen LogP contribution in [-0.2, 0) is 6.54 Å². The van der Waals surface area contributed by atoms with Crippen LogP contribution in [0.15, 0.2) is 72.9 Å². The van der Waals surface area contributed by atoms with Crippen LogP contribution >= 0.6 is 11.6 Å². The molecule has 1 N–H and O–H groups in total. The fourth-order valence-electron chi connectivity index (χ4n) is 2.74. The van der Waals surface area contributed by atoms with Gasteiger partial charge in [0, 0.05) is 35.7 Å². The normalized spacial score (nSPS) is 10.4. The van der Waals surface area contributed by atoms with Gasteiger partial charge in [-0.2, -0.15) is 0 Å². The van der Waals surface area contributed by atoms with E-state index in [9.17, 15) is 4.79 Å². The molecule has 0 bridgehead atoms. The molecule has 0 aliphatic rings. The van der Waals surface area contributed by atoms with Crippen LogP contribution in [0.4, 0.5) is 11.4 Å². The summed E-state index contributed by atoms with van der Waals surface area (Å²) in [6, 6.07) is 21.2. The van der Waals surface area contributed by atoms with Crippen LogP contribution < -0.4 is 10.2 Å². The number of benzene rings is 2. The summed E-state index contributed by atoms with van der Waals surface area (Å²) >= 11 is 6.13. The zero-order valence-corrected chi connectivity index (χ0v) is 15.3. The smallest absolute Gasteiger partial charge is 0.270 e. The summed E-state index contributed by atoms with van der Waals surface area (Å²) in [6.45, 7) is 3.22. The molecule has 0 unspecified atom stereocenters. The van der Waals surface area contributed by atoms with Gasteiger partial charge in [-0.15, -0.1) is 0 Å². The number of halogens is 1. The Morgan fingerprint density at radius 3 is 2.50 bits per heavy atom. The number of hydrogen-bond donors (Lipinski definition) is 1. The van der Waals surface area contributed by atoms with E-state index in [1.54, 1.807) is 18.3 Å². The molecule has 1 aromatic heterocycles. The van der Waals surface area contributed by atoms with E-state index in [0.29, 0.717) is 17.3 Å². The highest BCUT2D eigenvalue weighted by atomic mass is 35.5.